The lowest BCUT2D eigenvalue weighted by Gasteiger charge is -2.08. The van der Waals surface area contributed by atoms with Gasteiger partial charge in [0, 0.05) is 9.99 Å². The molecule has 1 aromatic carbocycles. The van der Waals surface area contributed by atoms with Gasteiger partial charge in [-0.15, -0.1) is 11.8 Å². The highest BCUT2D eigenvalue weighted by molar-refractivity contribution is 14.1. The summed E-state index contributed by atoms with van der Waals surface area (Å²) in [6.45, 7) is 1.78. The largest absolute Gasteiger partial charge is 0.387 e. The highest BCUT2D eigenvalue weighted by Crippen LogP contribution is 2.21. The summed E-state index contributed by atoms with van der Waals surface area (Å²) in [4.78, 5) is 0. The third-order valence-electron chi connectivity index (χ3n) is 1.74. The Labute approximate surface area is 92.3 Å². The van der Waals surface area contributed by atoms with Gasteiger partial charge in [0.15, 0.2) is 0 Å². The normalized spacial score (nSPS) is 11.6. The van der Waals surface area contributed by atoms with Gasteiger partial charge in [-0.1, -0.05) is 18.2 Å². The molecule has 1 rings (SSSR count). The van der Waals surface area contributed by atoms with E-state index in [1.54, 1.807) is 6.92 Å². The molecule has 0 heterocycles. The van der Waals surface area contributed by atoms with Gasteiger partial charge in [-0.3, -0.25) is 0 Å². The molecule has 13 heavy (non-hydrogen) atoms. The van der Waals surface area contributed by atoms with Crippen molar-refractivity contribution >= 4 is 22.6 Å². The first-order valence-electron chi connectivity index (χ1n) is 4.08. The molecule has 0 radical (unpaired) electrons. The van der Waals surface area contributed by atoms with Gasteiger partial charge < -0.3 is 5.11 Å². The van der Waals surface area contributed by atoms with E-state index in [0.29, 0.717) is 6.42 Å². The van der Waals surface area contributed by atoms with E-state index >= 15 is 0 Å². The quantitative estimate of drug-likeness (QED) is 0.654. The topological polar surface area (TPSA) is 20.2 Å². The summed E-state index contributed by atoms with van der Waals surface area (Å²) in [5.74, 6) is 5.65. The van der Waals surface area contributed by atoms with Crippen LogP contribution in [0.5, 0.6) is 0 Å². The summed E-state index contributed by atoms with van der Waals surface area (Å²) in [6.07, 6.45) is 0.0526. The summed E-state index contributed by atoms with van der Waals surface area (Å²) >= 11 is 2.22. The van der Waals surface area contributed by atoms with Crippen LogP contribution in [-0.4, -0.2) is 5.11 Å². The number of aliphatic hydroxyl groups excluding tert-OH is 1. The first kappa shape index (κ1) is 10.6. The molecular formula is C11H11IO. The Morgan fingerprint density at radius 2 is 2.15 bits per heavy atom. The molecule has 0 saturated carbocycles. The summed E-state index contributed by atoms with van der Waals surface area (Å²) in [6, 6.07) is 7.81. The molecule has 1 aromatic rings. The van der Waals surface area contributed by atoms with Crippen molar-refractivity contribution in [3.63, 3.8) is 0 Å². The van der Waals surface area contributed by atoms with Gasteiger partial charge in [0.05, 0.1) is 6.10 Å². The molecule has 0 fully saturated rings. The van der Waals surface area contributed by atoms with E-state index in [4.69, 9.17) is 0 Å². The first-order chi connectivity index (χ1) is 6.25. The smallest absolute Gasteiger partial charge is 0.0909 e. The summed E-state index contributed by atoms with van der Waals surface area (Å²) in [5, 5.41) is 9.73. The molecule has 1 N–H and O–H groups in total. The van der Waals surface area contributed by atoms with Gasteiger partial charge in [-0.25, -0.2) is 0 Å². The maximum absolute atomic E-state index is 9.73. The molecule has 0 aromatic heterocycles. The second-order valence-electron chi connectivity index (χ2n) is 2.67. The van der Waals surface area contributed by atoms with Crippen LogP contribution in [0.2, 0.25) is 0 Å². The predicted octanol–water partition coefficient (Wildman–Crippen LogP) is 2.74. The van der Waals surface area contributed by atoms with Crippen molar-refractivity contribution in [2.24, 2.45) is 0 Å². The Kier molecular flexibility index (Phi) is 4.26. The van der Waals surface area contributed by atoms with Crippen LogP contribution < -0.4 is 0 Å². The number of aliphatic hydroxyl groups is 1. The summed E-state index contributed by atoms with van der Waals surface area (Å²) in [5.41, 5.74) is 0.964. The highest BCUT2D eigenvalue weighted by atomic mass is 127. The average molecular weight is 286 g/mol. The molecule has 68 valence electrons. The van der Waals surface area contributed by atoms with Crippen LogP contribution in [0.3, 0.4) is 0 Å². The molecule has 0 aliphatic heterocycles. The molecule has 0 aliphatic carbocycles. The average Bonchev–Trinajstić information content (AvgIpc) is 2.15. The van der Waals surface area contributed by atoms with E-state index in [2.05, 4.69) is 34.4 Å². The van der Waals surface area contributed by atoms with Gasteiger partial charge in [-0.05, 0) is 41.1 Å². The van der Waals surface area contributed by atoms with Gasteiger partial charge in [0.2, 0.25) is 0 Å². The van der Waals surface area contributed by atoms with Crippen molar-refractivity contribution in [1.82, 2.24) is 0 Å². The minimum Gasteiger partial charge on any atom is -0.387 e. The fourth-order valence-corrected chi connectivity index (χ4v) is 1.80. The predicted molar refractivity (Wildman–Crippen MR) is 62.2 cm³/mol. The van der Waals surface area contributed by atoms with Crippen LogP contribution >= 0.6 is 22.6 Å². The number of rotatable bonds is 2. The lowest BCUT2D eigenvalue weighted by atomic mass is 10.1. The van der Waals surface area contributed by atoms with Gasteiger partial charge >= 0.3 is 0 Å². The molecule has 1 atom stereocenters. The van der Waals surface area contributed by atoms with Gasteiger partial charge in [0.1, 0.15) is 0 Å². The van der Waals surface area contributed by atoms with Crippen LogP contribution in [0.15, 0.2) is 24.3 Å². The van der Waals surface area contributed by atoms with Crippen molar-refractivity contribution in [1.29, 1.82) is 0 Å². The van der Waals surface area contributed by atoms with Crippen LogP contribution in [0.4, 0.5) is 0 Å². The van der Waals surface area contributed by atoms with E-state index in [-0.39, 0.29) is 0 Å². The summed E-state index contributed by atoms with van der Waals surface area (Å²) < 4.78 is 1.09. The van der Waals surface area contributed by atoms with E-state index < -0.39 is 6.10 Å². The monoisotopic (exact) mass is 286 g/mol. The molecule has 0 aliphatic rings. The molecule has 1 nitrogen and oxygen atoms in total. The van der Waals surface area contributed by atoms with Crippen LogP contribution in [0, 0.1) is 15.4 Å². The van der Waals surface area contributed by atoms with E-state index in [1.807, 2.05) is 24.3 Å². The second kappa shape index (κ2) is 5.25. The Hall–Kier alpha value is -0.530. The summed E-state index contributed by atoms with van der Waals surface area (Å²) in [7, 11) is 0. The Morgan fingerprint density at radius 3 is 2.77 bits per heavy atom. The Morgan fingerprint density at radius 1 is 1.46 bits per heavy atom. The third-order valence-corrected chi connectivity index (χ3v) is 2.72. The van der Waals surface area contributed by atoms with Gasteiger partial charge in [-0.2, -0.15) is 0 Å². The minimum absolute atomic E-state index is 0.458. The first-order valence-corrected chi connectivity index (χ1v) is 5.15. The van der Waals surface area contributed by atoms with Crippen molar-refractivity contribution in [3.8, 4) is 11.8 Å². The van der Waals surface area contributed by atoms with Crippen molar-refractivity contribution in [2.45, 2.75) is 19.4 Å². The fourth-order valence-electron chi connectivity index (χ4n) is 1.05. The number of hydrogen-bond acceptors (Lipinski definition) is 1. The molecule has 0 amide bonds. The lowest BCUT2D eigenvalue weighted by Crippen LogP contribution is -1.98. The van der Waals surface area contributed by atoms with Crippen molar-refractivity contribution in [2.75, 3.05) is 0 Å². The van der Waals surface area contributed by atoms with Crippen molar-refractivity contribution in [3.05, 3.63) is 33.4 Å². The van der Waals surface area contributed by atoms with Crippen LogP contribution in [-0.2, 0) is 0 Å². The number of hydrogen-bond donors (Lipinski definition) is 1. The van der Waals surface area contributed by atoms with Crippen molar-refractivity contribution < 1.29 is 5.11 Å². The van der Waals surface area contributed by atoms with E-state index in [1.165, 1.54) is 0 Å². The van der Waals surface area contributed by atoms with Crippen LogP contribution in [0.25, 0.3) is 0 Å². The number of halogens is 1. The standard InChI is InChI=1S/C11H11IO/c1-2-3-8-11(13)9-6-4-5-7-10(9)12/h4-7,11,13H,8H2,1H3. The molecule has 0 spiro atoms. The van der Waals surface area contributed by atoms with E-state index in [0.717, 1.165) is 9.13 Å². The molecule has 1 unspecified atom stereocenters. The zero-order valence-corrected chi connectivity index (χ0v) is 9.58. The Balaban J connectivity index is 2.80. The minimum atomic E-state index is -0.458. The second-order valence-corrected chi connectivity index (χ2v) is 3.83. The molecular weight excluding hydrogens is 275 g/mol. The highest BCUT2D eigenvalue weighted by Gasteiger charge is 2.08. The Bertz CT molecular complexity index is 335. The molecule has 0 bridgehead atoms. The lowest BCUT2D eigenvalue weighted by molar-refractivity contribution is 0.183. The number of benzene rings is 1. The molecule has 0 saturated heterocycles. The zero-order valence-electron chi connectivity index (χ0n) is 7.42. The maximum atomic E-state index is 9.73. The molecule has 2 heteroatoms. The van der Waals surface area contributed by atoms with E-state index in [9.17, 15) is 5.11 Å². The zero-order chi connectivity index (χ0) is 9.68. The fraction of sp³-hybridized carbons (Fsp3) is 0.273. The third kappa shape index (κ3) is 3.02. The SMILES string of the molecule is CC#CCC(O)c1ccccc1I. The maximum Gasteiger partial charge on any atom is 0.0909 e. The van der Waals surface area contributed by atoms with Crippen LogP contribution in [0.1, 0.15) is 25.0 Å². The van der Waals surface area contributed by atoms with Gasteiger partial charge in [0.25, 0.3) is 0 Å².